The monoisotopic (exact) mass is 288 g/mol. The van der Waals surface area contributed by atoms with Crippen LogP contribution >= 0.6 is 0 Å². The molecular formula is C15H20N4O2. The first-order valence-corrected chi connectivity index (χ1v) is 7.08. The van der Waals surface area contributed by atoms with Crippen LogP contribution in [0.4, 0.5) is 5.69 Å². The second-order valence-electron chi connectivity index (χ2n) is 5.25. The molecule has 0 bridgehead atoms. The van der Waals surface area contributed by atoms with Gasteiger partial charge < -0.3 is 5.32 Å². The first-order valence-electron chi connectivity index (χ1n) is 7.08. The molecule has 1 heterocycles. The Balaban J connectivity index is 2.05. The average Bonchev–Trinajstić information content (AvgIpc) is 2.92. The molecule has 0 aliphatic carbocycles. The number of hydrogen-bond donors (Lipinski definition) is 1. The number of para-hydroxylation sites is 2. The molecule has 6 nitrogen and oxygen atoms in total. The van der Waals surface area contributed by atoms with Gasteiger partial charge in [-0.15, -0.1) is 0 Å². The van der Waals surface area contributed by atoms with Crippen molar-refractivity contribution in [1.82, 2.24) is 15.1 Å². The molecular weight excluding hydrogens is 268 g/mol. The van der Waals surface area contributed by atoms with Crippen molar-refractivity contribution in [3.8, 4) is 5.69 Å². The van der Waals surface area contributed by atoms with Gasteiger partial charge in [0.15, 0.2) is 0 Å². The van der Waals surface area contributed by atoms with Crippen LogP contribution in [-0.4, -0.2) is 27.3 Å². The first-order chi connectivity index (χ1) is 10.1. The van der Waals surface area contributed by atoms with E-state index < -0.39 is 0 Å². The summed E-state index contributed by atoms with van der Waals surface area (Å²) in [4.78, 5) is 10.6. The van der Waals surface area contributed by atoms with Gasteiger partial charge in [-0.3, -0.25) is 10.1 Å². The fraction of sp³-hybridized carbons (Fsp3) is 0.400. The first kappa shape index (κ1) is 15.2. The molecule has 0 spiro atoms. The minimum Gasteiger partial charge on any atom is -0.315 e. The number of nitro groups is 1. The van der Waals surface area contributed by atoms with Crippen molar-refractivity contribution in [2.45, 2.75) is 32.7 Å². The largest absolute Gasteiger partial charge is 0.315 e. The number of aromatic nitrogens is 2. The second kappa shape index (κ2) is 6.99. The zero-order chi connectivity index (χ0) is 15.2. The molecule has 0 saturated heterocycles. The van der Waals surface area contributed by atoms with Gasteiger partial charge in [-0.25, -0.2) is 4.68 Å². The number of nitro benzene ring substituents is 1. The Labute approximate surface area is 123 Å². The Kier molecular flexibility index (Phi) is 5.05. The van der Waals surface area contributed by atoms with Gasteiger partial charge in [0.2, 0.25) is 0 Å². The Morgan fingerprint density at radius 3 is 2.86 bits per heavy atom. The van der Waals surface area contributed by atoms with Crippen molar-refractivity contribution in [3.63, 3.8) is 0 Å². The molecule has 0 aliphatic heterocycles. The van der Waals surface area contributed by atoms with Crippen LogP contribution in [0.1, 0.15) is 25.8 Å². The highest BCUT2D eigenvalue weighted by atomic mass is 16.6. The summed E-state index contributed by atoms with van der Waals surface area (Å²) in [5.74, 6) is 0. The van der Waals surface area contributed by atoms with Crippen molar-refractivity contribution in [3.05, 3.63) is 52.3 Å². The van der Waals surface area contributed by atoms with Crippen LogP contribution in [0.2, 0.25) is 0 Å². The highest BCUT2D eigenvalue weighted by molar-refractivity contribution is 5.51. The molecule has 1 aromatic carbocycles. The molecule has 0 amide bonds. The summed E-state index contributed by atoms with van der Waals surface area (Å²) >= 11 is 0. The van der Waals surface area contributed by atoms with Gasteiger partial charge in [0.1, 0.15) is 5.69 Å². The summed E-state index contributed by atoms with van der Waals surface area (Å²) in [6.07, 6.45) is 5.55. The molecule has 6 heteroatoms. The maximum absolute atomic E-state index is 11.0. The van der Waals surface area contributed by atoms with E-state index in [1.54, 1.807) is 29.1 Å². The summed E-state index contributed by atoms with van der Waals surface area (Å²) in [6.45, 7) is 5.19. The van der Waals surface area contributed by atoms with Crippen molar-refractivity contribution in [1.29, 1.82) is 0 Å². The predicted molar refractivity (Wildman–Crippen MR) is 81.7 cm³/mol. The van der Waals surface area contributed by atoms with E-state index in [0.29, 0.717) is 11.7 Å². The fourth-order valence-corrected chi connectivity index (χ4v) is 2.12. The van der Waals surface area contributed by atoms with E-state index in [4.69, 9.17) is 0 Å². The molecule has 0 unspecified atom stereocenters. The van der Waals surface area contributed by atoms with Gasteiger partial charge in [0.25, 0.3) is 5.69 Å². The van der Waals surface area contributed by atoms with E-state index in [-0.39, 0.29) is 10.6 Å². The maximum atomic E-state index is 11.0. The van der Waals surface area contributed by atoms with E-state index in [0.717, 1.165) is 24.9 Å². The van der Waals surface area contributed by atoms with E-state index >= 15 is 0 Å². The van der Waals surface area contributed by atoms with E-state index in [1.165, 1.54) is 6.07 Å². The maximum Gasteiger partial charge on any atom is 0.294 e. The third kappa shape index (κ3) is 4.13. The van der Waals surface area contributed by atoms with Crippen molar-refractivity contribution >= 4 is 5.69 Å². The summed E-state index contributed by atoms with van der Waals surface area (Å²) in [5, 5.41) is 18.6. The van der Waals surface area contributed by atoms with Crippen molar-refractivity contribution in [2.75, 3.05) is 6.54 Å². The standard InChI is InChI=1S/C15H20N4O2/c1-12(2)16-9-5-6-13-10-17-18(11-13)14-7-3-4-8-15(14)19(20)21/h3-4,7-8,10-12,16H,5-6,9H2,1-2H3. The van der Waals surface area contributed by atoms with E-state index in [2.05, 4.69) is 24.3 Å². The SMILES string of the molecule is CC(C)NCCCc1cnn(-c2ccccc2[N+](=O)[O-])c1. The number of nitrogens with one attached hydrogen (secondary N) is 1. The molecule has 0 radical (unpaired) electrons. The van der Waals surface area contributed by atoms with Crippen LogP contribution in [0.15, 0.2) is 36.7 Å². The normalized spacial score (nSPS) is 11.0. The van der Waals surface area contributed by atoms with Crippen LogP contribution < -0.4 is 5.32 Å². The zero-order valence-electron chi connectivity index (χ0n) is 12.3. The second-order valence-corrected chi connectivity index (χ2v) is 5.25. The molecule has 0 saturated carbocycles. The summed E-state index contributed by atoms with van der Waals surface area (Å²) in [6, 6.07) is 7.11. The molecule has 2 rings (SSSR count). The lowest BCUT2D eigenvalue weighted by Crippen LogP contribution is -2.23. The minimum absolute atomic E-state index is 0.0635. The molecule has 0 aliphatic rings. The average molecular weight is 288 g/mol. The lowest BCUT2D eigenvalue weighted by Gasteiger charge is -2.06. The number of hydrogen-bond acceptors (Lipinski definition) is 4. The van der Waals surface area contributed by atoms with Crippen molar-refractivity contribution < 1.29 is 4.92 Å². The number of nitrogens with zero attached hydrogens (tertiary/aromatic N) is 3. The topological polar surface area (TPSA) is 73.0 Å². The van der Waals surface area contributed by atoms with Crippen LogP contribution in [0.3, 0.4) is 0 Å². The smallest absolute Gasteiger partial charge is 0.294 e. The lowest BCUT2D eigenvalue weighted by molar-refractivity contribution is -0.384. The van der Waals surface area contributed by atoms with Gasteiger partial charge in [-0.1, -0.05) is 26.0 Å². The Morgan fingerprint density at radius 1 is 1.38 bits per heavy atom. The highest BCUT2D eigenvalue weighted by Crippen LogP contribution is 2.21. The van der Waals surface area contributed by atoms with Crippen LogP contribution in [0.25, 0.3) is 5.69 Å². The predicted octanol–water partition coefficient (Wildman–Crippen LogP) is 2.71. The molecule has 1 N–H and O–H groups in total. The third-order valence-corrected chi connectivity index (χ3v) is 3.16. The lowest BCUT2D eigenvalue weighted by atomic mass is 10.2. The van der Waals surface area contributed by atoms with Gasteiger partial charge in [0, 0.05) is 18.3 Å². The van der Waals surface area contributed by atoms with E-state index in [1.807, 2.05) is 6.20 Å². The number of rotatable bonds is 7. The number of benzene rings is 1. The fourth-order valence-electron chi connectivity index (χ4n) is 2.12. The van der Waals surface area contributed by atoms with Crippen LogP contribution in [-0.2, 0) is 6.42 Å². The molecule has 21 heavy (non-hydrogen) atoms. The Bertz CT molecular complexity index is 607. The van der Waals surface area contributed by atoms with Crippen molar-refractivity contribution in [2.24, 2.45) is 0 Å². The summed E-state index contributed by atoms with van der Waals surface area (Å²) in [7, 11) is 0. The van der Waals surface area contributed by atoms with Gasteiger partial charge >= 0.3 is 0 Å². The quantitative estimate of drug-likeness (QED) is 0.483. The van der Waals surface area contributed by atoms with E-state index in [9.17, 15) is 10.1 Å². The summed E-state index contributed by atoms with van der Waals surface area (Å²) < 4.78 is 1.57. The molecule has 0 fully saturated rings. The Hall–Kier alpha value is -2.21. The molecule has 112 valence electrons. The Morgan fingerprint density at radius 2 is 2.14 bits per heavy atom. The van der Waals surface area contributed by atoms with Crippen LogP contribution in [0.5, 0.6) is 0 Å². The number of aryl methyl sites for hydroxylation is 1. The minimum atomic E-state index is -0.386. The molecule has 2 aromatic rings. The molecule has 1 aromatic heterocycles. The van der Waals surface area contributed by atoms with Gasteiger partial charge in [0.05, 0.1) is 11.1 Å². The highest BCUT2D eigenvalue weighted by Gasteiger charge is 2.14. The zero-order valence-corrected chi connectivity index (χ0v) is 12.3. The van der Waals surface area contributed by atoms with Gasteiger partial charge in [-0.05, 0) is 31.0 Å². The molecule has 0 atom stereocenters. The third-order valence-electron chi connectivity index (χ3n) is 3.16. The van der Waals surface area contributed by atoms with Gasteiger partial charge in [-0.2, -0.15) is 5.10 Å². The van der Waals surface area contributed by atoms with Crippen LogP contribution in [0, 0.1) is 10.1 Å². The summed E-state index contributed by atoms with van der Waals surface area (Å²) in [5.41, 5.74) is 1.64.